The molecule has 0 saturated carbocycles. The number of H-pyrrole nitrogens is 1. The van der Waals surface area contributed by atoms with Crippen molar-refractivity contribution in [3.8, 4) is 11.1 Å². The molecule has 0 atom stereocenters. The van der Waals surface area contributed by atoms with E-state index >= 15 is 0 Å². The number of hydrogen-bond acceptors (Lipinski definition) is 4. The van der Waals surface area contributed by atoms with Gasteiger partial charge in [0.15, 0.2) is 5.82 Å². The summed E-state index contributed by atoms with van der Waals surface area (Å²) in [4.78, 5) is 13.5. The van der Waals surface area contributed by atoms with Crippen molar-refractivity contribution < 1.29 is 18.4 Å². The molecule has 5 nitrogen and oxygen atoms in total. The number of nitrogens with one attached hydrogen (secondary N) is 1. The molecule has 5 rings (SSSR count). The first-order valence-electron chi connectivity index (χ1n) is 8.91. The molecular weight excluding hydrogens is 352 g/mol. The first-order valence-corrected chi connectivity index (χ1v) is 8.91. The molecule has 1 fully saturated rings. The Morgan fingerprint density at radius 3 is 2.59 bits per heavy atom. The molecule has 2 aromatic carbocycles. The maximum atomic E-state index is 14.1. The van der Waals surface area contributed by atoms with Crippen LogP contribution in [0.5, 0.6) is 0 Å². The van der Waals surface area contributed by atoms with E-state index in [1.54, 1.807) is 18.2 Å². The SMILES string of the molecule is Fc1cccc(F)c1-c1ccc2[nH]c(C3=NOC4(CCOCC4)C3)nc2c1. The summed E-state index contributed by atoms with van der Waals surface area (Å²) in [5, 5.41) is 4.23. The summed E-state index contributed by atoms with van der Waals surface area (Å²) in [6.07, 6.45) is 2.28. The second-order valence-electron chi connectivity index (χ2n) is 7.02. The van der Waals surface area contributed by atoms with Crippen molar-refractivity contribution in [3.05, 3.63) is 53.9 Å². The van der Waals surface area contributed by atoms with Crippen molar-refractivity contribution in [1.82, 2.24) is 9.97 Å². The summed E-state index contributed by atoms with van der Waals surface area (Å²) in [5.74, 6) is -0.570. The average Bonchev–Trinajstić information content (AvgIpc) is 3.26. The van der Waals surface area contributed by atoms with Gasteiger partial charge in [0.1, 0.15) is 22.9 Å². The molecular formula is C20H17F2N3O2. The summed E-state index contributed by atoms with van der Waals surface area (Å²) < 4.78 is 33.6. The predicted octanol–water partition coefficient (Wildman–Crippen LogP) is 4.18. The number of aromatic nitrogens is 2. The Morgan fingerprint density at radius 1 is 1.04 bits per heavy atom. The molecule has 2 aliphatic heterocycles. The van der Waals surface area contributed by atoms with E-state index in [0.29, 0.717) is 36.5 Å². The Hall–Kier alpha value is -2.80. The standard InChI is InChI=1S/C20H17F2N3O2/c21-13-2-1-3-14(22)18(13)12-4-5-15-16(10-12)24-19(23-15)17-11-20(27-25-17)6-8-26-9-7-20/h1-5,10H,6-9,11H2,(H,23,24). The largest absolute Gasteiger partial charge is 0.388 e. The van der Waals surface area contributed by atoms with Gasteiger partial charge in [-0.3, -0.25) is 0 Å². The van der Waals surface area contributed by atoms with Crippen LogP contribution in [-0.4, -0.2) is 34.5 Å². The highest BCUT2D eigenvalue weighted by molar-refractivity contribution is 6.01. The van der Waals surface area contributed by atoms with E-state index in [1.165, 1.54) is 18.2 Å². The molecule has 0 unspecified atom stereocenters. The molecule has 1 aromatic heterocycles. The molecule has 3 aromatic rings. The molecule has 7 heteroatoms. The fraction of sp³-hybridized carbons (Fsp3) is 0.300. The van der Waals surface area contributed by atoms with Crippen LogP contribution < -0.4 is 0 Å². The van der Waals surface area contributed by atoms with Crippen molar-refractivity contribution in [2.75, 3.05) is 13.2 Å². The van der Waals surface area contributed by atoms with E-state index in [4.69, 9.17) is 9.57 Å². The zero-order valence-electron chi connectivity index (χ0n) is 14.5. The average molecular weight is 369 g/mol. The van der Waals surface area contributed by atoms with Gasteiger partial charge in [-0.05, 0) is 29.8 Å². The Kier molecular flexibility index (Phi) is 3.72. The molecule has 0 aliphatic carbocycles. The number of nitrogens with zero attached hydrogens (tertiary/aromatic N) is 2. The van der Waals surface area contributed by atoms with Gasteiger partial charge < -0.3 is 14.6 Å². The smallest absolute Gasteiger partial charge is 0.156 e. The molecule has 1 saturated heterocycles. The quantitative estimate of drug-likeness (QED) is 0.737. The van der Waals surface area contributed by atoms with E-state index < -0.39 is 11.6 Å². The minimum Gasteiger partial charge on any atom is -0.388 e. The zero-order chi connectivity index (χ0) is 18.4. The van der Waals surface area contributed by atoms with Gasteiger partial charge in [0.2, 0.25) is 0 Å². The van der Waals surface area contributed by atoms with Crippen LogP contribution in [0, 0.1) is 11.6 Å². The van der Waals surface area contributed by atoms with Crippen LogP contribution in [-0.2, 0) is 9.57 Å². The topological polar surface area (TPSA) is 59.5 Å². The molecule has 2 aliphatic rings. The minimum absolute atomic E-state index is 0.0494. The number of rotatable bonds is 2. The fourth-order valence-electron chi connectivity index (χ4n) is 3.73. The maximum Gasteiger partial charge on any atom is 0.156 e. The van der Waals surface area contributed by atoms with Crippen molar-refractivity contribution in [2.45, 2.75) is 24.9 Å². The van der Waals surface area contributed by atoms with Gasteiger partial charge in [-0.15, -0.1) is 0 Å². The number of halogens is 2. The van der Waals surface area contributed by atoms with Gasteiger partial charge in [0.25, 0.3) is 0 Å². The minimum atomic E-state index is -0.597. The predicted molar refractivity (Wildman–Crippen MR) is 96.5 cm³/mol. The first kappa shape index (κ1) is 16.4. The Balaban J connectivity index is 1.48. The lowest BCUT2D eigenvalue weighted by Crippen LogP contribution is -2.36. The number of imidazole rings is 1. The second kappa shape index (κ2) is 6.13. The van der Waals surface area contributed by atoms with E-state index in [2.05, 4.69) is 15.1 Å². The third-order valence-corrected chi connectivity index (χ3v) is 5.25. The zero-order valence-corrected chi connectivity index (χ0v) is 14.5. The highest BCUT2D eigenvalue weighted by Crippen LogP contribution is 2.35. The molecule has 1 spiro atoms. The normalized spacial score (nSPS) is 18.7. The van der Waals surface area contributed by atoms with Gasteiger partial charge >= 0.3 is 0 Å². The molecule has 0 bridgehead atoms. The lowest BCUT2D eigenvalue weighted by molar-refractivity contribution is -0.0919. The highest BCUT2D eigenvalue weighted by atomic mass is 19.1. The Labute approximate surface area is 154 Å². The van der Waals surface area contributed by atoms with Gasteiger partial charge in [-0.2, -0.15) is 0 Å². The van der Waals surface area contributed by atoms with E-state index in [9.17, 15) is 8.78 Å². The summed E-state index contributed by atoms with van der Waals surface area (Å²) in [5.41, 5.74) is 2.26. The lowest BCUT2D eigenvalue weighted by atomic mass is 9.89. The van der Waals surface area contributed by atoms with Crippen LogP contribution in [0.1, 0.15) is 25.1 Å². The second-order valence-corrected chi connectivity index (χ2v) is 7.02. The summed E-state index contributed by atoms with van der Waals surface area (Å²) >= 11 is 0. The summed E-state index contributed by atoms with van der Waals surface area (Å²) in [6.45, 7) is 1.33. The first-order chi connectivity index (χ1) is 13.1. The van der Waals surface area contributed by atoms with Crippen LogP contribution in [0.15, 0.2) is 41.6 Å². The third-order valence-electron chi connectivity index (χ3n) is 5.25. The molecule has 0 radical (unpaired) electrons. The fourth-order valence-corrected chi connectivity index (χ4v) is 3.73. The van der Waals surface area contributed by atoms with Crippen LogP contribution in [0.25, 0.3) is 22.2 Å². The number of hydrogen-bond donors (Lipinski definition) is 1. The van der Waals surface area contributed by atoms with Gasteiger partial charge in [0, 0.05) is 19.3 Å². The van der Waals surface area contributed by atoms with Crippen molar-refractivity contribution >= 4 is 16.7 Å². The van der Waals surface area contributed by atoms with Gasteiger partial charge in [-0.25, -0.2) is 13.8 Å². The monoisotopic (exact) mass is 369 g/mol. The number of oxime groups is 1. The Bertz CT molecular complexity index is 1030. The van der Waals surface area contributed by atoms with Crippen LogP contribution in [0.2, 0.25) is 0 Å². The number of ether oxygens (including phenoxy) is 1. The number of benzene rings is 2. The van der Waals surface area contributed by atoms with Gasteiger partial charge in [0.05, 0.1) is 29.8 Å². The highest BCUT2D eigenvalue weighted by Gasteiger charge is 2.41. The van der Waals surface area contributed by atoms with Crippen LogP contribution in [0.3, 0.4) is 0 Å². The van der Waals surface area contributed by atoms with Crippen LogP contribution in [0.4, 0.5) is 8.78 Å². The van der Waals surface area contributed by atoms with Crippen molar-refractivity contribution in [1.29, 1.82) is 0 Å². The van der Waals surface area contributed by atoms with Crippen molar-refractivity contribution in [3.63, 3.8) is 0 Å². The Morgan fingerprint density at radius 2 is 1.81 bits per heavy atom. The van der Waals surface area contributed by atoms with E-state index in [0.717, 1.165) is 24.1 Å². The van der Waals surface area contributed by atoms with Crippen molar-refractivity contribution in [2.24, 2.45) is 5.16 Å². The van der Waals surface area contributed by atoms with Crippen LogP contribution >= 0.6 is 0 Å². The number of aromatic amines is 1. The maximum absolute atomic E-state index is 14.1. The molecule has 138 valence electrons. The van der Waals surface area contributed by atoms with E-state index in [-0.39, 0.29) is 11.2 Å². The van der Waals surface area contributed by atoms with E-state index in [1.807, 2.05) is 0 Å². The summed E-state index contributed by atoms with van der Waals surface area (Å²) in [6, 6.07) is 8.97. The lowest BCUT2D eigenvalue weighted by Gasteiger charge is -2.30. The molecule has 1 N–H and O–H groups in total. The summed E-state index contributed by atoms with van der Waals surface area (Å²) in [7, 11) is 0. The molecule has 0 amide bonds. The molecule has 27 heavy (non-hydrogen) atoms. The molecule has 3 heterocycles. The number of fused-ring (bicyclic) bond motifs is 1. The third kappa shape index (κ3) is 2.78. The van der Waals surface area contributed by atoms with Gasteiger partial charge in [-0.1, -0.05) is 17.3 Å².